The molecule has 7 heteroatoms. The van der Waals surface area contributed by atoms with E-state index >= 15 is 0 Å². The zero-order chi connectivity index (χ0) is 24.4. The van der Waals surface area contributed by atoms with Crippen LogP contribution in [0.25, 0.3) is 0 Å². The van der Waals surface area contributed by atoms with E-state index in [1.54, 1.807) is 48.5 Å². The molecule has 0 saturated carbocycles. The Morgan fingerprint density at radius 3 is 2.24 bits per heavy atom. The van der Waals surface area contributed by atoms with E-state index in [0.29, 0.717) is 42.0 Å². The first-order valence-electron chi connectivity index (χ1n) is 11.5. The lowest BCUT2D eigenvalue weighted by molar-refractivity contribution is -0.122. The Kier molecular flexibility index (Phi) is 6.63. The predicted octanol–water partition coefficient (Wildman–Crippen LogP) is 4.60. The molecule has 1 heterocycles. The standard InChI is InChI=1S/C27H28N2O5/c1-16(2)15-34-27(33)19-5-9-20(10-6-19)28-24(30)18-7-11-21(12-8-18)29-25(31)22-13-4-17(3)14-23(22)26(29)32/h4-12,16,22-23H,13-15H2,1-3H3,(H,28,30)/t22-,23-/m1/s1. The van der Waals surface area contributed by atoms with Gasteiger partial charge in [0.25, 0.3) is 5.91 Å². The number of ether oxygens (including phenoxy) is 1. The van der Waals surface area contributed by atoms with Gasteiger partial charge in [-0.25, -0.2) is 4.79 Å². The monoisotopic (exact) mass is 460 g/mol. The number of hydrogen-bond acceptors (Lipinski definition) is 5. The molecule has 0 aromatic heterocycles. The van der Waals surface area contributed by atoms with Crippen molar-refractivity contribution in [3.8, 4) is 0 Å². The fourth-order valence-electron chi connectivity index (χ4n) is 4.27. The molecule has 0 radical (unpaired) electrons. The van der Waals surface area contributed by atoms with E-state index in [2.05, 4.69) is 5.32 Å². The van der Waals surface area contributed by atoms with Crippen molar-refractivity contribution in [1.29, 1.82) is 0 Å². The van der Waals surface area contributed by atoms with Crippen LogP contribution in [0.3, 0.4) is 0 Å². The van der Waals surface area contributed by atoms with Crippen molar-refractivity contribution in [3.63, 3.8) is 0 Å². The summed E-state index contributed by atoms with van der Waals surface area (Å²) < 4.78 is 5.20. The molecule has 1 aliphatic heterocycles. The molecule has 2 atom stereocenters. The normalized spacial score (nSPS) is 19.6. The van der Waals surface area contributed by atoms with Crippen molar-refractivity contribution in [1.82, 2.24) is 0 Å². The van der Waals surface area contributed by atoms with Crippen LogP contribution >= 0.6 is 0 Å². The third-order valence-corrected chi connectivity index (χ3v) is 6.14. The van der Waals surface area contributed by atoms with Gasteiger partial charge in [0.2, 0.25) is 11.8 Å². The molecule has 34 heavy (non-hydrogen) atoms. The Morgan fingerprint density at radius 2 is 1.59 bits per heavy atom. The van der Waals surface area contributed by atoms with E-state index < -0.39 is 5.97 Å². The maximum absolute atomic E-state index is 12.9. The minimum absolute atomic E-state index is 0.174. The maximum Gasteiger partial charge on any atom is 0.338 e. The Bertz CT molecular complexity index is 1150. The molecule has 1 saturated heterocycles. The van der Waals surface area contributed by atoms with Crippen LogP contribution in [0.5, 0.6) is 0 Å². The summed E-state index contributed by atoms with van der Waals surface area (Å²) >= 11 is 0. The Balaban J connectivity index is 1.40. The van der Waals surface area contributed by atoms with Crippen LogP contribution in [-0.2, 0) is 14.3 Å². The summed E-state index contributed by atoms with van der Waals surface area (Å²) in [5, 5.41) is 2.78. The number of benzene rings is 2. The molecule has 2 aromatic carbocycles. The fraction of sp³-hybridized carbons (Fsp3) is 0.333. The van der Waals surface area contributed by atoms with Gasteiger partial charge in [-0.05, 0) is 74.2 Å². The molecule has 1 aliphatic carbocycles. The number of fused-ring (bicyclic) bond motifs is 1. The van der Waals surface area contributed by atoms with Crippen LogP contribution in [0.2, 0.25) is 0 Å². The molecular formula is C27H28N2O5. The second-order valence-electron chi connectivity index (χ2n) is 9.29. The molecule has 0 bridgehead atoms. The summed E-state index contributed by atoms with van der Waals surface area (Å²) in [6, 6.07) is 12.9. The highest BCUT2D eigenvalue weighted by molar-refractivity contribution is 6.22. The van der Waals surface area contributed by atoms with Gasteiger partial charge < -0.3 is 10.1 Å². The molecule has 1 N–H and O–H groups in total. The highest BCUT2D eigenvalue weighted by Crippen LogP contribution is 2.39. The number of amides is 3. The summed E-state index contributed by atoms with van der Waals surface area (Å²) in [6.07, 6.45) is 3.23. The van der Waals surface area contributed by atoms with Crippen LogP contribution in [0, 0.1) is 17.8 Å². The van der Waals surface area contributed by atoms with Crippen molar-refractivity contribution in [2.45, 2.75) is 33.6 Å². The van der Waals surface area contributed by atoms with Gasteiger partial charge in [-0.15, -0.1) is 0 Å². The largest absolute Gasteiger partial charge is 0.462 e. The number of imide groups is 1. The molecule has 0 spiro atoms. The van der Waals surface area contributed by atoms with E-state index in [1.165, 1.54) is 4.90 Å². The van der Waals surface area contributed by atoms with Gasteiger partial charge in [0.05, 0.1) is 29.7 Å². The summed E-state index contributed by atoms with van der Waals surface area (Å²) in [6.45, 7) is 6.25. The number of allylic oxidation sites excluding steroid dienone is 2. The van der Waals surface area contributed by atoms with Crippen molar-refractivity contribution < 1.29 is 23.9 Å². The highest BCUT2D eigenvalue weighted by atomic mass is 16.5. The number of nitrogens with one attached hydrogen (secondary N) is 1. The molecule has 3 amide bonds. The molecule has 0 unspecified atom stereocenters. The van der Waals surface area contributed by atoms with E-state index in [4.69, 9.17) is 4.74 Å². The van der Waals surface area contributed by atoms with E-state index in [9.17, 15) is 19.2 Å². The first-order valence-corrected chi connectivity index (χ1v) is 11.5. The molecule has 7 nitrogen and oxygen atoms in total. The lowest BCUT2D eigenvalue weighted by atomic mass is 9.82. The third kappa shape index (κ3) is 4.78. The predicted molar refractivity (Wildman–Crippen MR) is 128 cm³/mol. The van der Waals surface area contributed by atoms with Gasteiger partial charge in [-0.2, -0.15) is 0 Å². The van der Waals surface area contributed by atoms with Crippen LogP contribution in [0.15, 0.2) is 60.2 Å². The number of hydrogen-bond donors (Lipinski definition) is 1. The number of carbonyl (C=O) groups excluding carboxylic acids is 4. The van der Waals surface area contributed by atoms with Crippen molar-refractivity contribution in [3.05, 3.63) is 71.3 Å². The quantitative estimate of drug-likeness (QED) is 0.386. The molecule has 2 aliphatic rings. The number of nitrogens with zero attached hydrogens (tertiary/aromatic N) is 1. The van der Waals surface area contributed by atoms with E-state index in [-0.39, 0.29) is 35.5 Å². The number of carbonyl (C=O) groups is 4. The van der Waals surface area contributed by atoms with Gasteiger partial charge in [-0.3, -0.25) is 19.3 Å². The number of rotatable bonds is 6. The second-order valence-corrected chi connectivity index (χ2v) is 9.29. The minimum atomic E-state index is -0.404. The Morgan fingerprint density at radius 1 is 0.971 bits per heavy atom. The first kappa shape index (κ1) is 23.4. The molecule has 1 fully saturated rings. The molecule has 176 valence electrons. The lowest BCUT2D eigenvalue weighted by Crippen LogP contribution is -2.30. The third-order valence-electron chi connectivity index (χ3n) is 6.14. The summed E-state index contributed by atoms with van der Waals surface area (Å²) in [4.78, 5) is 51.6. The van der Waals surface area contributed by atoms with Crippen molar-refractivity contribution >= 4 is 35.1 Å². The minimum Gasteiger partial charge on any atom is -0.462 e. The molecule has 4 rings (SSSR count). The van der Waals surface area contributed by atoms with Gasteiger partial charge in [0, 0.05) is 11.3 Å². The highest BCUT2D eigenvalue weighted by Gasteiger charge is 2.48. The van der Waals surface area contributed by atoms with Crippen molar-refractivity contribution in [2.24, 2.45) is 17.8 Å². The van der Waals surface area contributed by atoms with E-state index in [0.717, 1.165) is 5.57 Å². The van der Waals surface area contributed by atoms with Crippen LogP contribution in [0.1, 0.15) is 54.3 Å². The van der Waals surface area contributed by atoms with Gasteiger partial charge >= 0.3 is 5.97 Å². The average Bonchev–Trinajstić information content (AvgIpc) is 3.07. The van der Waals surface area contributed by atoms with Crippen molar-refractivity contribution in [2.75, 3.05) is 16.8 Å². The smallest absolute Gasteiger partial charge is 0.338 e. The van der Waals surface area contributed by atoms with E-state index in [1.807, 2.05) is 26.8 Å². The summed E-state index contributed by atoms with van der Waals surface area (Å²) in [5.41, 5.74) is 2.94. The van der Waals surface area contributed by atoms with Gasteiger partial charge in [0.1, 0.15) is 0 Å². The zero-order valence-corrected chi connectivity index (χ0v) is 19.5. The van der Waals surface area contributed by atoms with Gasteiger partial charge in [-0.1, -0.05) is 25.5 Å². The summed E-state index contributed by atoms with van der Waals surface area (Å²) in [5.74, 6) is -1.44. The number of anilines is 2. The fourth-order valence-corrected chi connectivity index (χ4v) is 4.27. The SMILES string of the molecule is CC1=CC[C@H]2C(=O)N(c3ccc(C(=O)Nc4ccc(C(=O)OCC(C)C)cc4)cc3)C(=O)[C@@H]2C1. The van der Waals surface area contributed by atoms with Gasteiger partial charge in [0.15, 0.2) is 0 Å². The zero-order valence-electron chi connectivity index (χ0n) is 19.5. The first-order chi connectivity index (χ1) is 16.2. The topological polar surface area (TPSA) is 92.8 Å². The second kappa shape index (κ2) is 9.63. The lowest BCUT2D eigenvalue weighted by Gasteiger charge is -2.18. The number of esters is 1. The van der Waals surface area contributed by atoms with Crippen LogP contribution < -0.4 is 10.2 Å². The Hall–Kier alpha value is -3.74. The molecular weight excluding hydrogens is 432 g/mol. The average molecular weight is 461 g/mol. The Labute approximate surface area is 198 Å². The maximum atomic E-state index is 12.9. The summed E-state index contributed by atoms with van der Waals surface area (Å²) in [7, 11) is 0. The molecule has 2 aromatic rings. The van der Waals surface area contributed by atoms with Crippen LogP contribution in [-0.4, -0.2) is 30.3 Å². The van der Waals surface area contributed by atoms with Crippen LogP contribution in [0.4, 0.5) is 11.4 Å².